The van der Waals surface area contributed by atoms with Crippen LogP contribution in [-0.2, 0) is 4.79 Å². The van der Waals surface area contributed by atoms with Crippen LogP contribution >= 0.6 is 11.5 Å². The third-order valence-electron chi connectivity index (χ3n) is 7.68. The molecule has 0 radical (unpaired) electrons. The molecule has 2 fully saturated rings. The summed E-state index contributed by atoms with van der Waals surface area (Å²) in [5.74, 6) is 1.94. The monoisotopic (exact) mass is 519 g/mol. The second-order valence-electron chi connectivity index (χ2n) is 9.99. The highest BCUT2D eigenvalue weighted by atomic mass is 32.1. The molecule has 1 aliphatic heterocycles. The predicted molar refractivity (Wildman–Crippen MR) is 149 cm³/mol. The van der Waals surface area contributed by atoms with Gasteiger partial charge >= 0.3 is 0 Å². The zero-order chi connectivity index (χ0) is 25.6. The number of carbonyl (C=O) groups is 1. The first-order valence-corrected chi connectivity index (χ1v) is 13.9. The maximum atomic E-state index is 12.5. The number of para-hydroxylation sites is 1. The van der Waals surface area contributed by atoms with Crippen LogP contribution in [0.5, 0.6) is 0 Å². The van der Waals surface area contributed by atoms with Gasteiger partial charge in [-0.2, -0.15) is 4.37 Å². The smallest absolute Gasteiger partial charge is 0.276 e. The van der Waals surface area contributed by atoms with Gasteiger partial charge < -0.3 is 10.2 Å². The van der Waals surface area contributed by atoms with Crippen molar-refractivity contribution in [3.05, 3.63) is 70.3 Å². The summed E-state index contributed by atoms with van der Waals surface area (Å²) in [6, 6.07) is 14.9. The number of aromatic nitrogens is 1. The third-order valence-corrected chi connectivity index (χ3v) is 8.49. The van der Waals surface area contributed by atoms with Crippen LogP contribution in [0.3, 0.4) is 0 Å². The van der Waals surface area contributed by atoms with Crippen molar-refractivity contribution in [2.75, 3.05) is 44.2 Å². The lowest BCUT2D eigenvalue weighted by Crippen LogP contribution is -2.49. The van der Waals surface area contributed by atoms with E-state index >= 15 is 0 Å². The molecule has 1 aromatic heterocycles. The van der Waals surface area contributed by atoms with Crippen molar-refractivity contribution in [1.29, 1.82) is 0 Å². The van der Waals surface area contributed by atoms with Crippen molar-refractivity contribution < 1.29 is 9.72 Å². The van der Waals surface area contributed by atoms with Gasteiger partial charge in [-0.05, 0) is 60.5 Å². The normalized spacial score (nSPS) is 20.9. The SMILES string of the molecule is O=C(/C=C/c1ccccc1[N+](=O)[O-])NC[C@H]1CCCC[C@H]1CN1CCN(c2nsc3ccccc23)CC1. The lowest BCUT2D eigenvalue weighted by atomic mass is 9.78. The average Bonchev–Trinajstić information content (AvgIpc) is 3.36. The Kier molecular flexibility index (Phi) is 8.11. The van der Waals surface area contributed by atoms with Crippen LogP contribution in [-0.4, -0.2) is 59.4 Å². The summed E-state index contributed by atoms with van der Waals surface area (Å²) >= 11 is 1.57. The van der Waals surface area contributed by atoms with Crippen molar-refractivity contribution in [1.82, 2.24) is 14.6 Å². The fourth-order valence-electron chi connectivity index (χ4n) is 5.62. The number of anilines is 1. The minimum absolute atomic E-state index is 0.00181. The first kappa shape index (κ1) is 25.4. The molecule has 2 aliphatic rings. The molecule has 2 aromatic carbocycles. The molecule has 3 aromatic rings. The number of nitro groups is 1. The number of rotatable bonds is 8. The van der Waals surface area contributed by atoms with Crippen LogP contribution in [0.1, 0.15) is 31.2 Å². The zero-order valence-corrected chi connectivity index (χ0v) is 21.7. The summed E-state index contributed by atoms with van der Waals surface area (Å²) in [6.07, 6.45) is 7.71. The maximum absolute atomic E-state index is 12.5. The summed E-state index contributed by atoms with van der Waals surface area (Å²) in [5, 5.41) is 15.5. The van der Waals surface area contributed by atoms with Gasteiger partial charge in [0.05, 0.1) is 15.2 Å². The molecule has 0 unspecified atom stereocenters. The minimum atomic E-state index is -0.427. The van der Waals surface area contributed by atoms with E-state index in [-0.39, 0.29) is 11.6 Å². The molecule has 1 N–H and O–H groups in total. The number of benzene rings is 2. The van der Waals surface area contributed by atoms with E-state index in [1.165, 1.54) is 47.6 Å². The summed E-state index contributed by atoms with van der Waals surface area (Å²) in [6.45, 7) is 5.74. The van der Waals surface area contributed by atoms with Gasteiger partial charge in [0.2, 0.25) is 5.91 Å². The summed E-state index contributed by atoms with van der Waals surface area (Å²) in [7, 11) is 0. The topological polar surface area (TPSA) is 91.6 Å². The van der Waals surface area contributed by atoms with Gasteiger partial charge in [-0.1, -0.05) is 37.1 Å². The van der Waals surface area contributed by atoms with Gasteiger partial charge in [-0.25, -0.2) is 0 Å². The number of nitro benzene ring substituents is 1. The Morgan fingerprint density at radius 1 is 1.05 bits per heavy atom. The van der Waals surface area contributed by atoms with Gasteiger partial charge in [-0.3, -0.25) is 19.8 Å². The van der Waals surface area contributed by atoms with E-state index in [1.54, 1.807) is 29.7 Å². The summed E-state index contributed by atoms with van der Waals surface area (Å²) in [5.41, 5.74) is 0.435. The molecule has 37 heavy (non-hydrogen) atoms. The van der Waals surface area contributed by atoms with Crippen LogP contribution < -0.4 is 10.2 Å². The van der Waals surface area contributed by atoms with Gasteiger partial charge in [0.15, 0.2) is 0 Å². The fraction of sp³-hybridized carbons (Fsp3) is 0.429. The molecule has 5 rings (SSSR count). The molecular formula is C28H33N5O3S. The van der Waals surface area contributed by atoms with Crippen LogP contribution in [0.15, 0.2) is 54.6 Å². The molecular weight excluding hydrogens is 486 g/mol. The standard InChI is InChI=1S/C28H33N5O3S/c34-27(14-13-21-7-3-5-11-25(21)33(35)36)29-19-22-8-1-2-9-23(22)20-31-15-17-32(18-16-31)28-24-10-4-6-12-26(24)37-30-28/h3-7,10-14,22-23H,1-2,8-9,15-20H2,(H,29,34)/b14-13+/t22-,23+/m1/s1. The van der Waals surface area contributed by atoms with Crippen LogP contribution in [0.25, 0.3) is 16.2 Å². The number of hydrogen-bond donors (Lipinski definition) is 1. The van der Waals surface area contributed by atoms with Crippen molar-refractivity contribution in [3.8, 4) is 0 Å². The van der Waals surface area contributed by atoms with Crippen LogP contribution in [0, 0.1) is 22.0 Å². The summed E-state index contributed by atoms with van der Waals surface area (Å²) in [4.78, 5) is 28.2. The Morgan fingerprint density at radius 3 is 2.59 bits per heavy atom. The van der Waals surface area contributed by atoms with E-state index in [0.717, 1.165) is 45.0 Å². The molecule has 2 atom stereocenters. The second-order valence-corrected chi connectivity index (χ2v) is 10.8. The maximum Gasteiger partial charge on any atom is 0.276 e. The number of nitrogens with zero attached hydrogens (tertiary/aromatic N) is 4. The molecule has 1 saturated heterocycles. The highest BCUT2D eigenvalue weighted by Gasteiger charge is 2.29. The Balaban J connectivity index is 1.12. The van der Waals surface area contributed by atoms with Gasteiger partial charge in [-0.15, -0.1) is 0 Å². The Hall–Kier alpha value is -3.30. The molecule has 1 amide bonds. The van der Waals surface area contributed by atoms with E-state index in [0.29, 0.717) is 23.9 Å². The molecule has 0 spiro atoms. The molecule has 9 heteroatoms. The van der Waals surface area contributed by atoms with E-state index in [4.69, 9.17) is 4.37 Å². The van der Waals surface area contributed by atoms with Crippen molar-refractivity contribution in [3.63, 3.8) is 0 Å². The minimum Gasteiger partial charge on any atom is -0.353 e. The molecule has 8 nitrogen and oxygen atoms in total. The number of hydrogen-bond acceptors (Lipinski definition) is 7. The van der Waals surface area contributed by atoms with Crippen LogP contribution in [0.4, 0.5) is 11.5 Å². The second kappa shape index (κ2) is 11.8. The summed E-state index contributed by atoms with van der Waals surface area (Å²) < 4.78 is 5.97. The molecule has 1 saturated carbocycles. The van der Waals surface area contributed by atoms with E-state index < -0.39 is 4.92 Å². The Morgan fingerprint density at radius 2 is 1.78 bits per heavy atom. The predicted octanol–water partition coefficient (Wildman–Crippen LogP) is 4.96. The first-order valence-electron chi connectivity index (χ1n) is 13.1. The highest BCUT2D eigenvalue weighted by Crippen LogP contribution is 2.32. The zero-order valence-electron chi connectivity index (χ0n) is 20.9. The van der Waals surface area contributed by atoms with Crippen molar-refractivity contribution in [2.45, 2.75) is 25.7 Å². The van der Waals surface area contributed by atoms with Gasteiger partial charge in [0.25, 0.3) is 5.69 Å². The number of piperazine rings is 1. The number of amides is 1. The number of fused-ring (bicyclic) bond motifs is 1. The first-order chi connectivity index (χ1) is 18.1. The van der Waals surface area contributed by atoms with E-state index in [9.17, 15) is 14.9 Å². The van der Waals surface area contributed by atoms with E-state index in [1.807, 2.05) is 0 Å². The Labute approximate surface area is 221 Å². The van der Waals surface area contributed by atoms with E-state index in [2.05, 4.69) is 39.4 Å². The third kappa shape index (κ3) is 6.17. The molecule has 194 valence electrons. The quantitative estimate of drug-likeness (QED) is 0.257. The van der Waals surface area contributed by atoms with Crippen LogP contribution in [0.2, 0.25) is 0 Å². The van der Waals surface area contributed by atoms with Crippen molar-refractivity contribution in [2.24, 2.45) is 11.8 Å². The molecule has 2 heterocycles. The highest BCUT2D eigenvalue weighted by molar-refractivity contribution is 7.13. The number of carbonyl (C=O) groups excluding carboxylic acids is 1. The Bertz CT molecular complexity index is 1270. The average molecular weight is 520 g/mol. The fourth-order valence-corrected chi connectivity index (χ4v) is 6.41. The lowest BCUT2D eigenvalue weighted by Gasteiger charge is -2.40. The molecule has 0 bridgehead atoms. The van der Waals surface area contributed by atoms with Gasteiger partial charge in [0.1, 0.15) is 5.82 Å². The lowest BCUT2D eigenvalue weighted by molar-refractivity contribution is -0.385. The molecule has 1 aliphatic carbocycles. The number of nitrogens with one attached hydrogen (secondary N) is 1. The van der Waals surface area contributed by atoms with Crippen molar-refractivity contribution >= 4 is 45.1 Å². The van der Waals surface area contributed by atoms with Gasteiger partial charge in [0, 0.05) is 56.8 Å². The largest absolute Gasteiger partial charge is 0.353 e.